The van der Waals surface area contributed by atoms with Crippen LogP contribution in [0.15, 0.2) is 54.9 Å². The fraction of sp³-hybridized carbons (Fsp3) is 0.355. The van der Waals surface area contributed by atoms with Crippen molar-refractivity contribution >= 4 is 28.5 Å². The molecule has 1 aliphatic rings. The molecule has 1 saturated heterocycles. The molecule has 1 fully saturated rings. The van der Waals surface area contributed by atoms with E-state index in [9.17, 15) is 4.79 Å². The first-order valence-electron chi connectivity index (χ1n) is 13.6. The fourth-order valence-electron chi connectivity index (χ4n) is 4.87. The standard InChI is InChI=1S/C31H36N6O3/c1-19-16-24(28(34-17-19)39-27-20(2)11-12-22-23(27)9-6-10-25(22)32)26-13-14-33-29(36-26)35-21-8-7-15-37(18-21)30(38)40-31(3,4)5/h6,9-14,16-17,21H,7-8,15,18,32H2,1-5H3,(H,33,35,36). The van der Waals surface area contributed by atoms with Crippen LogP contribution in [0.5, 0.6) is 11.6 Å². The molecule has 2 aromatic carbocycles. The third-order valence-electron chi connectivity index (χ3n) is 6.77. The molecule has 1 aliphatic heterocycles. The molecule has 0 bridgehead atoms. The second-order valence-electron chi connectivity index (χ2n) is 11.3. The number of fused-ring (bicyclic) bond motifs is 1. The van der Waals surface area contributed by atoms with E-state index in [0.29, 0.717) is 42.0 Å². The second kappa shape index (κ2) is 11.0. The summed E-state index contributed by atoms with van der Waals surface area (Å²) in [6, 6.07) is 13.7. The van der Waals surface area contributed by atoms with Gasteiger partial charge in [-0.05, 0) is 76.8 Å². The maximum atomic E-state index is 12.6. The zero-order valence-corrected chi connectivity index (χ0v) is 23.7. The Hall–Kier alpha value is -4.40. The van der Waals surface area contributed by atoms with Crippen molar-refractivity contribution < 1.29 is 14.3 Å². The Bertz CT molecular complexity index is 1550. The molecule has 0 radical (unpaired) electrons. The highest BCUT2D eigenvalue weighted by Crippen LogP contribution is 2.38. The van der Waals surface area contributed by atoms with Gasteiger partial charge in [-0.2, -0.15) is 0 Å². The molecule has 4 aromatic rings. The number of carbonyl (C=O) groups is 1. The highest BCUT2D eigenvalue weighted by Gasteiger charge is 2.28. The summed E-state index contributed by atoms with van der Waals surface area (Å²) in [5.41, 5.74) is 9.78. The van der Waals surface area contributed by atoms with Crippen LogP contribution in [0.3, 0.4) is 0 Å². The number of pyridine rings is 1. The van der Waals surface area contributed by atoms with Crippen LogP contribution in [0.25, 0.3) is 22.0 Å². The number of rotatable bonds is 5. The van der Waals surface area contributed by atoms with E-state index in [1.54, 1.807) is 17.3 Å². The third-order valence-corrected chi connectivity index (χ3v) is 6.77. The van der Waals surface area contributed by atoms with E-state index < -0.39 is 5.60 Å². The lowest BCUT2D eigenvalue weighted by Crippen LogP contribution is -2.47. The van der Waals surface area contributed by atoms with E-state index in [2.05, 4.69) is 15.3 Å². The molecule has 2 aromatic heterocycles. The van der Waals surface area contributed by atoms with Gasteiger partial charge in [-0.25, -0.2) is 19.7 Å². The Morgan fingerprint density at radius 3 is 2.73 bits per heavy atom. The van der Waals surface area contributed by atoms with Gasteiger partial charge >= 0.3 is 6.09 Å². The molecule has 1 unspecified atom stereocenters. The minimum atomic E-state index is -0.534. The van der Waals surface area contributed by atoms with Gasteiger partial charge < -0.3 is 25.4 Å². The number of likely N-dealkylation sites (tertiary alicyclic amines) is 1. The van der Waals surface area contributed by atoms with Gasteiger partial charge in [0.25, 0.3) is 0 Å². The SMILES string of the molecule is Cc1cnc(Oc2c(C)ccc3c(N)cccc23)c(-c2ccnc(NC3CCCN(C(=O)OC(C)(C)C)C3)n2)c1. The van der Waals surface area contributed by atoms with Crippen molar-refractivity contribution in [2.45, 2.75) is 59.1 Å². The Morgan fingerprint density at radius 1 is 1.10 bits per heavy atom. The van der Waals surface area contributed by atoms with E-state index in [1.165, 1.54) is 0 Å². The fourth-order valence-corrected chi connectivity index (χ4v) is 4.87. The van der Waals surface area contributed by atoms with Gasteiger partial charge in [0, 0.05) is 48.0 Å². The Kier molecular flexibility index (Phi) is 7.47. The number of hydrogen-bond donors (Lipinski definition) is 2. The molecule has 3 N–H and O–H groups in total. The molecule has 1 amide bonds. The molecule has 208 valence electrons. The number of benzene rings is 2. The van der Waals surface area contributed by atoms with Crippen LogP contribution in [-0.2, 0) is 4.74 Å². The number of nitrogens with one attached hydrogen (secondary N) is 1. The molecule has 0 spiro atoms. The average molecular weight is 541 g/mol. The van der Waals surface area contributed by atoms with Crippen LogP contribution in [0.4, 0.5) is 16.4 Å². The quantitative estimate of drug-likeness (QED) is 0.276. The predicted molar refractivity (Wildman–Crippen MR) is 158 cm³/mol. The first-order chi connectivity index (χ1) is 19.1. The molecule has 9 nitrogen and oxygen atoms in total. The predicted octanol–water partition coefficient (Wildman–Crippen LogP) is 6.49. The van der Waals surface area contributed by atoms with Crippen molar-refractivity contribution in [1.82, 2.24) is 19.9 Å². The summed E-state index contributed by atoms with van der Waals surface area (Å²) in [5, 5.41) is 5.27. The number of piperidine rings is 1. The van der Waals surface area contributed by atoms with Crippen molar-refractivity contribution in [3.05, 3.63) is 66.0 Å². The Labute approximate surface area is 234 Å². The number of ether oxygens (including phenoxy) is 2. The number of nitrogens with two attached hydrogens (primary N) is 1. The lowest BCUT2D eigenvalue weighted by molar-refractivity contribution is 0.0206. The van der Waals surface area contributed by atoms with Crippen molar-refractivity contribution in [2.75, 3.05) is 24.1 Å². The Balaban J connectivity index is 1.40. The zero-order valence-electron chi connectivity index (χ0n) is 23.7. The van der Waals surface area contributed by atoms with Crippen LogP contribution >= 0.6 is 0 Å². The topological polar surface area (TPSA) is 115 Å². The minimum Gasteiger partial charge on any atom is -0.444 e. The van der Waals surface area contributed by atoms with Gasteiger partial charge in [-0.15, -0.1) is 0 Å². The minimum absolute atomic E-state index is 0.00617. The van der Waals surface area contributed by atoms with Crippen LogP contribution in [-0.4, -0.2) is 50.7 Å². The molecule has 40 heavy (non-hydrogen) atoms. The molecule has 3 heterocycles. The zero-order chi connectivity index (χ0) is 28.4. The number of nitrogen functional groups attached to an aromatic ring is 1. The number of carbonyl (C=O) groups excluding carboxylic acids is 1. The van der Waals surface area contributed by atoms with Gasteiger partial charge in [0.2, 0.25) is 11.8 Å². The lowest BCUT2D eigenvalue weighted by atomic mass is 10.0. The summed E-state index contributed by atoms with van der Waals surface area (Å²) < 4.78 is 12.1. The van der Waals surface area contributed by atoms with E-state index >= 15 is 0 Å². The van der Waals surface area contributed by atoms with Crippen LogP contribution in [0, 0.1) is 13.8 Å². The van der Waals surface area contributed by atoms with Crippen molar-refractivity contribution in [3.8, 4) is 22.9 Å². The van der Waals surface area contributed by atoms with Gasteiger partial charge in [0.1, 0.15) is 11.4 Å². The summed E-state index contributed by atoms with van der Waals surface area (Å²) in [7, 11) is 0. The van der Waals surface area contributed by atoms with Gasteiger partial charge in [0.05, 0.1) is 11.3 Å². The van der Waals surface area contributed by atoms with E-state index in [-0.39, 0.29) is 12.1 Å². The third kappa shape index (κ3) is 6.09. The van der Waals surface area contributed by atoms with Crippen molar-refractivity contribution in [1.29, 1.82) is 0 Å². The molecule has 9 heteroatoms. The van der Waals surface area contributed by atoms with Crippen LogP contribution in [0.1, 0.15) is 44.7 Å². The second-order valence-corrected chi connectivity index (χ2v) is 11.3. The summed E-state index contributed by atoms with van der Waals surface area (Å²) in [6.07, 6.45) is 4.96. The molecule has 1 atom stereocenters. The molecule has 0 saturated carbocycles. The summed E-state index contributed by atoms with van der Waals surface area (Å²) in [6.45, 7) is 10.8. The monoisotopic (exact) mass is 540 g/mol. The summed E-state index contributed by atoms with van der Waals surface area (Å²) in [4.78, 5) is 28.3. The van der Waals surface area contributed by atoms with Crippen molar-refractivity contribution in [2.24, 2.45) is 0 Å². The number of aryl methyl sites for hydroxylation is 2. The highest BCUT2D eigenvalue weighted by atomic mass is 16.6. The van der Waals surface area contributed by atoms with Gasteiger partial charge in [0.15, 0.2) is 0 Å². The average Bonchev–Trinajstić information content (AvgIpc) is 2.90. The van der Waals surface area contributed by atoms with E-state index in [0.717, 1.165) is 40.3 Å². The smallest absolute Gasteiger partial charge is 0.410 e. The van der Waals surface area contributed by atoms with E-state index in [1.807, 2.05) is 77.1 Å². The Morgan fingerprint density at radius 2 is 1.93 bits per heavy atom. The molecule has 0 aliphatic carbocycles. The molecule has 5 rings (SSSR count). The first-order valence-corrected chi connectivity index (χ1v) is 13.6. The van der Waals surface area contributed by atoms with Gasteiger partial charge in [-0.3, -0.25) is 0 Å². The number of hydrogen-bond acceptors (Lipinski definition) is 8. The highest BCUT2D eigenvalue weighted by molar-refractivity contribution is 5.97. The maximum Gasteiger partial charge on any atom is 0.410 e. The molecular weight excluding hydrogens is 504 g/mol. The van der Waals surface area contributed by atoms with Crippen LogP contribution in [0.2, 0.25) is 0 Å². The lowest BCUT2D eigenvalue weighted by Gasteiger charge is -2.34. The molecular formula is C31H36N6O3. The maximum absolute atomic E-state index is 12.6. The number of anilines is 2. The van der Waals surface area contributed by atoms with Crippen LogP contribution < -0.4 is 15.8 Å². The van der Waals surface area contributed by atoms with Gasteiger partial charge in [-0.1, -0.05) is 24.3 Å². The van der Waals surface area contributed by atoms with E-state index in [4.69, 9.17) is 20.2 Å². The number of nitrogens with zero attached hydrogens (tertiary/aromatic N) is 4. The number of aromatic nitrogens is 3. The number of amides is 1. The summed E-state index contributed by atoms with van der Waals surface area (Å²) in [5.74, 6) is 1.64. The normalized spacial score (nSPS) is 15.6. The summed E-state index contributed by atoms with van der Waals surface area (Å²) >= 11 is 0. The largest absolute Gasteiger partial charge is 0.444 e. The van der Waals surface area contributed by atoms with Crippen molar-refractivity contribution in [3.63, 3.8) is 0 Å². The first kappa shape index (κ1) is 27.2.